The van der Waals surface area contributed by atoms with Crippen molar-refractivity contribution < 1.29 is 51.6 Å². The van der Waals surface area contributed by atoms with E-state index in [1.165, 1.54) is 23.6 Å². The van der Waals surface area contributed by atoms with E-state index in [2.05, 4.69) is 20.0 Å². The van der Waals surface area contributed by atoms with Crippen LogP contribution in [0.5, 0.6) is 0 Å². The highest BCUT2D eigenvalue weighted by Gasteiger charge is 2.54. The van der Waals surface area contributed by atoms with Gasteiger partial charge in [0.1, 0.15) is 17.8 Å². The van der Waals surface area contributed by atoms with Gasteiger partial charge in [-0.05, 0) is 38.5 Å². The standard InChI is InChI=1S/C26H34F3N6O9PS.CH4/c1-24(2,12-36)22(39)46-9-8-42-45(41,32-10-14-4-6-15(7-5-14)26(27,28)29)43-11-16-18(37)25(3,40)21(44-16)35-13-31-17-19(35)33-23(30)34-20(17)38;/h4-7,13,16,18,21,36-37,40H,8-12H2,1-3H3,(H,32,41)(H3,30,33,34,38);1H4/t16-,18-,21-,25-,45?;/m1./s1. The molecule has 15 nitrogen and oxygen atoms in total. The summed E-state index contributed by atoms with van der Waals surface area (Å²) >= 11 is 0.831. The van der Waals surface area contributed by atoms with Gasteiger partial charge in [-0.3, -0.25) is 28.2 Å². The first kappa shape index (κ1) is 38.6. The average molecular weight is 711 g/mol. The number of benzene rings is 1. The van der Waals surface area contributed by atoms with Gasteiger partial charge in [0.15, 0.2) is 22.5 Å². The lowest BCUT2D eigenvalue weighted by molar-refractivity contribution is -0.137. The first-order valence-electron chi connectivity index (χ1n) is 13.7. The zero-order chi connectivity index (χ0) is 34.1. The van der Waals surface area contributed by atoms with Crippen LogP contribution in [-0.4, -0.2) is 83.3 Å². The van der Waals surface area contributed by atoms with Crippen LogP contribution in [0.15, 0.2) is 35.4 Å². The van der Waals surface area contributed by atoms with Crippen molar-refractivity contribution in [1.82, 2.24) is 24.6 Å². The number of halogens is 3. The minimum atomic E-state index is -4.55. The van der Waals surface area contributed by atoms with E-state index in [-0.39, 0.29) is 55.2 Å². The number of ether oxygens (including phenoxy) is 1. The Morgan fingerprint density at radius 3 is 2.55 bits per heavy atom. The lowest BCUT2D eigenvalue weighted by Crippen LogP contribution is -2.44. The number of aliphatic hydroxyl groups is 3. The molecule has 0 radical (unpaired) electrons. The van der Waals surface area contributed by atoms with Crippen molar-refractivity contribution in [3.8, 4) is 0 Å². The highest BCUT2D eigenvalue weighted by molar-refractivity contribution is 8.13. The lowest BCUT2D eigenvalue weighted by atomic mass is 9.96. The van der Waals surface area contributed by atoms with Gasteiger partial charge in [0.2, 0.25) is 5.95 Å². The van der Waals surface area contributed by atoms with Gasteiger partial charge in [-0.2, -0.15) is 18.2 Å². The second kappa shape index (κ2) is 14.7. The molecule has 3 heterocycles. The third-order valence-corrected chi connectivity index (χ3v) is 9.89. The fourth-order valence-corrected chi connectivity index (χ4v) is 6.58. The molecular weight excluding hydrogens is 672 g/mol. The number of anilines is 1. The number of carbonyl (C=O) groups is 1. The molecule has 1 unspecified atom stereocenters. The number of fused-ring (bicyclic) bond motifs is 1. The molecule has 0 bridgehead atoms. The summed E-state index contributed by atoms with van der Waals surface area (Å²) < 4.78 is 70.7. The summed E-state index contributed by atoms with van der Waals surface area (Å²) in [7, 11) is -4.30. The van der Waals surface area contributed by atoms with Gasteiger partial charge in [-0.25, -0.2) is 14.6 Å². The summed E-state index contributed by atoms with van der Waals surface area (Å²) in [6.07, 6.45) is -7.68. The van der Waals surface area contributed by atoms with Crippen LogP contribution >= 0.6 is 19.5 Å². The normalized spacial score (nSPS) is 23.0. The molecule has 4 rings (SSSR count). The Bertz CT molecular complexity index is 1650. The molecule has 0 saturated carbocycles. The number of aromatic nitrogens is 4. The zero-order valence-corrected chi connectivity index (χ0v) is 26.6. The number of imidazole rings is 1. The summed E-state index contributed by atoms with van der Waals surface area (Å²) in [5, 5.41) is 33.7. The van der Waals surface area contributed by atoms with Crippen molar-refractivity contribution in [2.75, 3.05) is 31.3 Å². The number of hydrogen-bond acceptors (Lipinski definition) is 13. The highest BCUT2D eigenvalue weighted by atomic mass is 32.2. The fourth-order valence-electron chi connectivity index (χ4n) is 4.34. The molecule has 2 aromatic heterocycles. The van der Waals surface area contributed by atoms with E-state index in [0.717, 1.165) is 30.2 Å². The number of nitrogens with one attached hydrogen (secondary N) is 2. The topological polar surface area (TPSA) is 224 Å². The van der Waals surface area contributed by atoms with Crippen molar-refractivity contribution >= 4 is 41.7 Å². The molecule has 1 aromatic carbocycles. The maximum absolute atomic E-state index is 13.7. The van der Waals surface area contributed by atoms with Crippen molar-refractivity contribution in [3.05, 3.63) is 52.1 Å². The summed E-state index contributed by atoms with van der Waals surface area (Å²) in [6.45, 7) is 2.81. The van der Waals surface area contributed by atoms with Gasteiger partial charge in [0.25, 0.3) is 5.56 Å². The number of H-pyrrole nitrogens is 1. The maximum atomic E-state index is 13.7. The van der Waals surface area contributed by atoms with E-state index < -0.39 is 61.1 Å². The molecule has 1 fully saturated rings. The van der Waals surface area contributed by atoms with E-state index in [1.54, 1.807) is 13.8 Å². The van der Waals surface area contributed by atoms with Crippen LogP contribution in [0.25, 0.3) is 11.2 Å². The average Bonchev–Trinajstić information content (AvgIpc) is 3.50. The predicted molar refractivity (Wildman–Crippen MR) is 166 cm³/mol. The largest absolute Gasteiger partial charge is 0.416 e. The molecule has 262 valence electrons. The molecular formula is C27H38F3N6O9PS. The first-order chi connectivity index (χ1) is 21.4. The first-order valence-corrected chi connectivity index (χ1v) is 16.3. The van der Waals surface area contributed by atoms with Crippen molar-refractivity contribution in [2.24, 2.45) is 5.41 Å². The van der Waals surface area contributed by atoms with E-state index in [4.69, 9.17) is 19.5 Å². The summed E-state index contributed by atoms with van der Waals surface area (Å²) in [6, 6.07) is 4.07. The number of alkyl halides is 3. The quantitative estimate of drug-likeness (QED) is 0.111. The summed E-state index contributed by atoms with van der Waals surface area (Å²) in [5.41, 5.74) is 1.27. The third-order valence-electron chi connectivity index (χ3n) is 7.15. The van der Waals surface area contributed by atoms with E-state index >= 15 is 0 Å². The van der Waals surface area contributed by atoms with Crippen LogP contribution in [0, 0.1) is 5.41 Å². The van der Waals surface area contributed by atoms with Gasteiger partial charge in [-0.15, -0.1) is 0 Å². The monoisotopic (exact) mass is 710 g/mol. The molecule has 47 heavy (non-hydrogen) atoms. The Morgan fingerprint density at radius 1 is 1.28 bits per heavy atom. The molecule has 7 N–H and O–H groups in total. The Labute approximate surface area is 271 Å². The Morgan fingerprint density at radius 2 is 1.94 bits per heavy atom. The molecule has 0 aliphatic carbocycles. The number of hydrogen-bond donors (Lipinski definition) is 6. The van der Waals surface area contributed by atoms with Crippen LogP contribution in [-0.2, 0) is 35.9 Å². The van der Waals surface area contributed by atoms with Crippen LogP contribution in [0.2, 0.25) is 0 Å². The van der Waals surface area contributed by atoms with Gasteiger partial charge < -0.3 is 25.8 Å². The molecule has 20 heteroatoms. The van der Waals surface area contributed by atoms with Crippen molar-refractivity contribution in [1.29, 1.82) is 0 Å². The lowest BCUT2D eigenvalue weighted by Gasteiger charge is -2.27. The highest BCUT2D eigenvalue weighted by Crippen LogP contribution is 2.47. The molecule has 1 aliphatic heterocycles. The second-order valence-electron chi connectivity index (χ2n) is 11.3. The van der Waals surface area contributed by atoms with Crippen LogP contribution in [0.1, 0.15) is 45.6 Å². The van der Waals surface area contributed by atoms with Crippen LogP contribution in [0.3, 0.4) is 0 Å². The maximum Gasteiger partial charge on any atom is 0.416 e. The number of aromatic amines is 1. The number of aliphatic hydroxyl groups excluding tert-OH is 2. The van der Waals surface area contributed by atoms with Gasteiger partial charge in [0.05, 0.1) is 37.1 Å². The van der Waals surface area contributed by atoms with Crippen LogP contribution < -0.4 is 16.4 Å². The van der Waals surface area contributed by atoms with Crippen molar-refractivity contribution in [2.45, 2.75) is 65.0 Å². The Balaban J connectivity index is 0.00000600. The van der Waals surface area contributed by atoms with Crippen LogP contribution in [0.4, 0.5) is 19.1 Å². The minimum absolute atomic E-state index is 0. The SMILES string of the molecule is C.CC(C)(CO)C(=O)SCCOP(=O)(NCc1ccc(C(F)(F)F)cc1)OC[C@H]1O[C@@H](n2cnc3c(=O)[nH]c(N)nc32)[C@](C)(O)[C@@H]1O. The number of carbonyl (C=O) groups excluding carboxylic acids is 1. The van der Waals surface area contributed by atoms with E-state index in [1.807, 2.05) is 0 Å². The number of nitrogens with zero attached hydrogens (tertiary/aromatic N) is 3. The minimum Gasteiger partial charge on any atom is -0.395 e. The predicted octanol–water partition coefficient (Wildman–Crippen LogP) is 2.58. The Hall–Kier alpha value is -2.87. The molecule has 0 amide bonds. The number of rotatable bonds is 13. The Kier molecular flexibility index (Phi) is 12.1. The molecule has 3 aromatic rings. The molecule has 5 atom stereocenters. The summed E-state index contributed by atoms with van der Waals surface area (Å²) in [5.74, 6) is -0.214. The number of nitrogens with two attached hydrogens (primary N) is 1. The van der Waals surface area contributed by atoms with Crippen molar-refractivity contribution in [3.63, 3.8) is 0 Å². The third kappa shape index (κ3) is 8.79. The molecule has 0 spiro atoms. The second-order valence-corrected chi connectivity index (χ2v) is 14.2. The van der Waals surface area contributed by atoms with E-state index in [0.29, 0.717) is 5.56 Å². The fraction of sp³-hybridized carbons (Fsp3) is 0.556. The molecule has 1 saturated heterocycles. The smallest absolute Gasteiger partial charge is 0.395 e. The van der Waals surface area contributed by atoms with Gasteiger partial charge in [-0.1, -0.05) is 31.3 Å². The van der Waals surface area contributed by atoms with E-state index in [9.17, 15) is 42.6 Å². The molecule has 1 aliphatic rings. The van der Waals surface area contributed by atoms with Gasteiger partial charge >= 0.3 is 13.9 Å². The number of nitrogen functional groups attached to an aromatic ring is 1. The summed E-state index contributed by atoms with van der Waals surface area (Å²) in [4.78, 5) is 34.8. The van der Waals surface area contributed by atoms with Gasteiger partial charge in [0, 0.05) is 12.3 Å². The zero-order valence-electron chi connectivity index (χ0n) is 24.9. The number of thioether (sulfide) groups is 1.